The van der Waals surface area contributed by atoms with Gasteiger partial charge in [0.15, 0.2) is 0 Å². The van der Waals surface area contributed by atoms with E-state index in [1.807, 2.05) is 6.92 Å². The fourth-order valence-electron chi connectivity index (χ4n) is 3.59. The summed E-state index contributed by atoms with van der Waals surface area (Å²) in [6, 6.07) is 6.62. The molecule has 1 aromatic carbocycles. The Balaban J connectivity index is 1.64. The first kappa shape index (κ1) is 17.7. The minimum Gasteiger partial charge on any atom is -0.486 e. The minimum absolute atomic E-state index is 0.0745. The Morgan fingerprint density at radius 2 is 1.92 bits per heavy atom. The second-order valence-corrected chi connectivity index (χ2v) is 7.26. The van der Waals surface area contributed by atoms with E-state index in [0.717, 1.165) is 32.1 Å². The highest BCUT2D eigenvalue weighted by atomic mass is 16.5. The van der Waals surface area contributed by atoms with Crippen LogP contribution in [0.1, 0.15) is 49.4 Å². The number of hydrogen-bond donors (Lipinski definition) is 2. The molecule has 0 radical (unpaired) electrons. The topological polar surface area (TPSA) is 90.7 Å². The second-order valence-electron chi connectivity index (χ2n) is 7.26. The molecular formula is C19H26N2O4. The van der Waals surface area contributed by atoms with Gasteiger partial charge in [0.05, 0.1) is 12.6 Å². The Hall–Kier alpha value is -2.08. The Kier molecular flexibility index (Phi) is 5.27. The summed E-state index contributed by atoms with van der Waals surface area (Å²) in [4.78, 5) is 23.8. The maximum Gasteiger partial charge on any atom is 0.248 e. The van der Waals surface area contributed by atoms with Crippen LogP contribution in [0, 0.1) is 5.41 Å². The molecule has 1 aliphatic heterocycles. The Bertz CT molecular complexity index is 623. The van der Waals surface area contributed by atoms with Gasteiger partial charge in [0.1, 0.15) is 11.9 Å². The standard InChI is InChI=1S/C19H26N2O4/c1-19(9-2-3-10-19)18(23)21-15-8-11-24-12-16(15)25-14-6-4-13(5-7-14)17(20)22/h4-7,15-16H,2-3,8-12H2,1H3,(H2,20,22)(H,21,23). The van der Waals surface area contributed by atoms with Crippen LogP contribution in [-0.2, 0) is 9.53 Å². The quantitative estimate of drug-likeness (QED) is 0.853. The first-order valence-corrected chi connectivity index (χ1v) is 8.93. The summed E-state index contributed by atoms with van der Waals surface area (Å²) >= 11 is 0. The number of rotatable bonds is 5. The van der Waals surface area contributed by atoms with Crippen LogP contribution >= 0.6 is 0 Å². The number of amides is 2. The zero-order valence-corrected chi connectivity index (χ0v) is 14.6. The molecule has 2 aliphatic rings. The summed E-state index contributed by atoms with van der Waals surface area (Å²) in [5, 5.41) is 3.18. The van der Waals surface area contributed by atoms with E-state index in [2.05, 4.69) is 5.32 Å². The number of carbonyl (C=O) groups is 2. The van der Waals surface area contributed by atoms with E-state index in [1.54, 1.807) is 24.3 Å². The van der Waals surface area contributed by atoms with Crippen LogP contribution in [-0.4, -0.2) is 37.2 Å². The third-order valence-electron chi connectivity index (χ3n) is 5.30. The monoisotopic (exact) mass is 346 g/mol. The molecule has 25 heavy (non-hydrogen) atoms. The normalized spacial score (nSPS) is 25.3. The van der Waals surface area contributed by atoms with Crippen molar-refractivity contribution in [3.05, 3.63) is 29.8 Å². The van der Waals surface area contributed by atoms with Gasteiger partial charge < -0.3 is 20.5 Å². The molecule has 2 amide bonds. The van der Waals surface area contributed by atoms with E-state index in [-0.39, 0.29) is 23.5 Å². The van der Waals surface area contributed by atoms with Crippen molar-refractivity contribution in [2.75, 3.05) is 13.2 Å². The molecule has 6 heteroatoms. The van der Waals surface area contributed by atoms with Gasteiger partial charge in [0, 0.05) is 17.6 Å². The highest BCUT2D eigenvalue weighted by molar-refractivity contribution is 5.92. The molecule has 1 saturated heterocycles. The molecule has 1 aliphatic carbocycles. The number of nitrogens with one attached hydrogen (secondary N) is 1. The summed E-state index contributed by atoms with van der Waals surface area (Å²) in [6.45, 7) is 3.09. The van der Waals surface area contributed by atoms with E-state index in [4.69, 9.17) is 15.2 Å². The minimum atomic E-state index is -0.470. The second kappa shape index (κ2) is 7.44. The molecule has 1 aromatic rings. The molecular weight excluding hydrogens is 320 g/mol. The predicted octanol–water partition coefficient (Wildman–Crippen LogP) is 2.02. The highest BCUT2D eigenvalue weighted by Gasteiger charge is 2.39. The van der Waals surface area contributed by atoms with Gasteiger partial charge >= 0.3 is 0 Å². The maximum absolute atomic E-state index is 12.7. The van der Waals surface area contributed by atoms with Gasteiger partial charge in [-0.1, -0.05) is 19.8 Å². The van der Waals surface area contributed by atoms with Crippen LogP contribution in [0.15, 0.2) is 24.3 Å². The lowest BCUT2D eigenvalue weighted by Gasteiger charge is -2.34. The molecule has 1 saturated carbocycles. The molecule has 1 heterocycles. The number of benzene rings is 1. The van der Waals surface area contributed by atoms with Crippen LogP contribution in [0.25, 0.3) is 0 Å². The van der Waals surface area contributed by atoms with E-state index >= 15 is 0 Å². The number of hydrogen-bond acceptors (Lipinski definition) is 4. The van der Waals surface area contributed by atoms with Crippen molar-refractivity contribution in [3.63, 3.8) is 0 Å². The molecule has 0 spiro atoms. The average molecular weight is 346 g/mol. The van der Waals surface area contributed by atoms with E-state index < -0.39 is 5.91 Å². The number of nitrogens with two attached hydrogens (primary N) is 1. The first-order chi connectivity index (χ1) is 12.0. The van der Waals surface area contributed by atoms with Crippen molar-refractivity contribution < 1.29 is 19.1 Å². The lowest BCUT2D eigenvalue weighted by atomic mass is 9.87. The molecule has 0 aromatic heterocycles. The lowest BCUT2D eigenvalue weighted by Crippen LogP contribution is -2.54. The fourth-order valence-corrected chi connectivity index (χ4v) is 3.59. The summed E-state index contributed by atoms with van der Waals surface area (Å²) in [6.07, 6.45) is 4.60. The zero-order valence-electron chi connectivity index (χ0n) is 14.6. The molecule has 2 atom stereocenters. The van der Waals surface area contributed by atoms with Gasteiger partial charge in [-0.3, -0.25) is 9.59 Å². The fraction of sp³-hybridized carbons (Fsp3) is 0.579. The summed E-state index contributed by atoms with van der Waals surface area (Å²) < 4.78 is 11.5. The van der Waals surface area contributed by atoms with Crippen molar-refractivity contribution in [1.82, 2.24) is 5.32 Å². The number of ether oxygens (including phenoxy) is 2. The summed E-state index contributed by atoms with van der Waals surface area (Å²) in [5.41, 5.74) is 5.43. The summed E-state index contributed by atoms with van der Waals surface area (Å²) in [5.74, 6) is 0.281. The third kappa shape index (κ3) is 4.12. The van der Waals surface area contributed by atoms with Gasteiger partial charge in [-0.05, 0) is 43.5 Å². The van der Waals surface area contributed by atoms with Crippen LogP contribution < -0.4 is 15.8 Å². The molecule has 2 unspecified atom stereocenters. The smallest absolute Gasteiger partial charge is 0.248 e. The van der Waals surface area contributed by atoms with E-state index in [1.165, 1.54) is 0 Å². The molecule has 136 valence electrons. The Morgan fingerprint density at radius 3 is 2.56 bits per heavy atom. The van der Waals surface area contributed by atoms with Crippen molar-refractivity contribution >= 4 is 11.8 Å². The Morgan fingerprint density at radius 1 is 1.24 bits per heavy atom. The van der Waals surface area contributed by atoms with Gasteiger partial charge in [0.2, 0.25) is 11.8 Å². The van der Waals surface area contributed by atoms with Gasteiger partial charge in [-0.2, -0.15) is 0 Å². The van der Waals surface area contributed by atoms with Crippen molar-refractivity contribution in [3.8, 4) is 5.75 Å². The van der Waals surface area contributed by atoms with Crippen LogP contribution in [0.4, 0.5) is 0 Å². The van der Waals surface area contributed by atoms with Gasteiger partial charge in [-0.15, -0.1) is 0 Å². The SMILES string of the molecule is CC1(C(=O)NC2CCOCC2Oc2ccc(C(N)=O)cc2)CCCC1. The average Bonchev–Trinajstić information content (AvgIpc) is 3.05. The zero-order chi connectivity index (χ0) is 17.9. The molecule has 0 bridgehead atoms. The van der Waals surface area contributed by atoms with Crippen molar-refractivity contribution in [2.45, 2.75) is 51.2 Å². The third-order valence-corrected chi connectivity index (χ3v) is 5.30. The largest absolute Gasteiger partial charge is 0.486 e. The number of primary amides is 1. The van der Waals surface area contributed by atoms with E-state index in [9.17, 15) is 9.59 Å². The van der Waals surface area contributed by atoms with E-state index in [0.29, 0.717) is 24.5 Å². The van der Waals surface area contributed by atoms with Crippen molar-refractivity contribution in [1.29, 1.82) is 0 Å². The number of carbonyl (C=O) groups excluding carboxylic acids is 2. The van der Waals surface area contributed by atoms with Crippen LogP contribution in [0.2, 0.25) is 0 Å². The first-order valence-electron chi connectivity index (χ1n) is 8.93. The molecule has 2 fully saturated rings. The van der Waals surface area contributed by atoms with Gasteiger partial charge in [-0.25, -0.2) is 0 Å². The maximum atomic E-state index is 12.7. The molecule has 3 N–H and O–H groups in total. The van der Waals surface area contributed by atoms with Gasteiger partial charge in [0.25, 0.3) is 0 Å². The lowest BCUT2D eigenvalue weighted by molar-refractivity contribution is -0.132. The highest BCUT2D eigenvalue weighted by Crippen LogP contribution is 2.38. The van der Waals surface area contributed by atoms with Crippen LogP contribution in [0.3, 0.4) is 0 Å². The predicted molar refractivity (Wildman–Crippen MR) is 93.3 cm³/mol. The van der Waals surface area contributed by atoms with Crippen molar-refractivity contribution in [2.24, 2.45) is 11.1 Å². The van der Waals surface area contributed by atoms with Crippen LogP contribution in [0.5, 0.6) is 5.75 Å². The summed E-state index contributed by atoms with van der Waals surface area (Å²) in [7, 11) is 0. The molecule has 6 nitrogen and oxygen atoms in total. The Labute approximate surface area is 148 Å². The molecule has 3 rings (SSSR count).